The standard InChI is InChI=1S/C12H15ClN2O3/c13-11-6-10(15(16)17)3-4-12(11)18-8-9-2-1-5-14-7-9/h3-4,6,9,14H,1-2,5,7-8H2/t9-/m0/s1. The zero-order valence-electron chi connectivity index (χ0n) is 9.89. The molecule has 2 rings (SSSR count). The third-order valence-electron chi connectivity index (χ3n) is 3.00. The van der Waals surface area contributed by atoms with Gasteiger partial charge in [-0.2, -0.15) is 0 Å². The summed E-state index contributed by atoms with van der Waals surface area (Å²) in [4.78, 5) is 10.1. The van der Waals surface area contributed by atoms with Crippen LogP contribution >= 0.6 is 11.6 Å². The third-order valence-corrected chi connectivity index (χ3v) is 3.30. The Morgan fingerprint density at radius 1 is 1.56 bits per heavy atom. The average Bonchev–Trinajstić information content (AvgIpc) is 2.38. The second kappa shape index (κ2) is 6.02. The largest absolute Gasteiger partial charge is 0.492 e. The van der Waals surface area contributed by atoms with Crippen molar-refractivity contribution in [3.8, 4) is 5.75 Å². The fraction of sp³-hybridized carbons (Fsp3) is 0.500. The van der Waals surface area contributed by atoms with E-state index in [1.165, 1.54) is 12.1 Å². The van der Waals surface area contributed by atoms with Crippen LogP contribution in [0.3, 0.4) is 0 Å². The summed E-state index contributed by atoms with van der Waals surface area (Å²) in [6.07, 6.45) is 2.29. The van der Waals surface area contributed by atoms with Crippen molar-refractivity contribution >= 4 is 17.3 Å². The highest BCUT2D eigenvalue weighted by atomic mass is 35.5. The molecule has 1 aromatic carbocycles. The zero-order chi connectivity index (χ0) is 13.0. The van der Waals surface area contributed by atoms with Crippen LogP contribution in [-0.2, 0) is 0 Å². The van der Waals surface area contributed by atoms with Gasteiger partial charge in [0.2, 0.25) is 0 Å². The van der Waals surface area contributed by atoms with E-state index in [1.807, 2.05) is 0 Å². The molecular weight excluding hydrogens is 256 g/mol. The Kier molecular flexibility index (Phi) is 4.38. The van der Waals surface area contributed by atoms with Gasteiger partial charge in [-0.3, -0.25) is 10.1 Å². The van der Waals surface area contributed by atoms with Gasteiger partial charge in [0.05, 0.1) is 16.6 Å². The van der Waals surface area contributed by atoms with Crippen molar-refractivity contribution in [2.45, 2.75) is 12.8 Å². The molecule has 0 unspecified atom stereocenters. The van der Waals surface area contributed by atoms with E-state index in [9.17, 15) is 10.1 Å². The third kappa shape index (κ3) is 3.34. The number of halogens is 1. The van der Waals surface area contributed by atoms with Gasteiger partial charge >= 0.3 is 0 Å². The molecule has 0 aliphatic carbocycles. The number of nitro benzene ring substituents is 1. The first kappa shape index (κ1) is 13.1. The summed E-state index contributed by atoms with van der Waals surface area (Å²) in [6, 6.07) is 4.27. The van der Waals surface area contributed by atoms with Gasteiger partial charge in [-0.1, -0.05) is 11.6 Å². The van der Waals surface area contributed by atoms with Crippen LogP contribution in [0.1, 0.15) is 12.8 Å². The van der Waals surface area contributed by atoms with E-state index >= 15 is 0 Å². The summed E-state index contributed by atoms with van der Waals surface area (Å²) < 4.78 is 5.62. The fourth-order valence-electron chi connectivity index (χ4n) is 1.99. The van der Waals surface area contributed by atoms with Crippen molar-refractivity contribution in [1.82, 2.24) is 5.32 Å². The van der Waals surface area contributed by atoms with Crippen LogP contribution in [0, 0.1) is 16.0 Å². The quantitative estimate of drug-likeness (QED) is 0.675. The van der Waals surface area contributed by atoms with Gasteiger partial charge in [-0.05, 0) is 25.5 Å². The number of ether oxygens (including phenoxy) is 1. The van der Waals surface area contributed by atoms with Crippen molar-refractivity contribution in [2.75, 3.05) is 19.7 Å². The molecule has 0 spiro atoms. The molecule has 0 aromatic heterocycles. The molecule has 1 N–H and O–H groups in total. The predicted octanol–water partition coefficient (Wildman–Crippen LogP) is 2.63. The molecule has 0 amide bonds. The van der Waals surface area contributed by atoms with Crippen LogP contribution < -0.4 is 10.1 Å². The predicted molar refractivity (Wildman–Crippen MR) is 69.2 cm³/mol. The summed E-state index contributed by atoms with van der Waals surface area (Å²) in [5.41, 5.74) is -0.0216. The van der Waals surface area contributed by atoms with E-state index in [4.69, 9.17) is 16.3 Å². The SMILES string of the molecule is O=[N+]([O-])c1ccc(OC[C@H]2CCCNC2)c(Cl)c1. The number of nitro groups is 1. The first-order valence-electron chi connectivity index (χ1n) is 5.94. The molecule has 98 valence electrons. The lowest BCUT2D eigenvalue weighted by Crippen LogP contribution is -2.33. The highest BCUT2D eigenvalue weighted by Crippen LogP contribution is 2.29. The fourth-order valence-corrected chi connectivity index (χ4v) is 2.22. The molecule has 1 aromatic rings. The van der Waals surface area contributed by atoms with Crippen LogP contribution in [0.25, 0.3) is 0 Å². The molecule has 1 heterocycles. The Hall–Kier alpha value is -1.33. The summed E-state index contributed by atoms with van der Waals surface area (Å²) in [5, 5.41) is 14.2. The molecule has 18 heavy (non-hydrogen) atoms. The number of nitrogens with zero attached hydrogens (tertiary/aromatic N) is 1. The molecule has 1 fully saturated rings. The van der Waals surface area contributed by atoms with Gasteiger partial charge in [0.25, 0.3) is 5.69 Å². The summed E-state index contributed by atoms with van der Waals surface area (Å²) in [6.45, 7) is 2.60. The van der Waals surface area contributed by atoms with E-state index < -0.39 is 4.92 Å². The van der Waals surface area contributed by atoms with E-state index in [-0.39, 0.29) is 10.7 Å². The summed E-state index contributed by atoms with van der Waals surface area (Å²) in [5.74, 6) is 0.984. The Labute approximate surface area is 110 Å². The number of nitrogens with one attached hydrogen (secondary N) is 1. The molecule has 1 saturated heterocycles. The van der Waals surface area contributed by atoms with Gasteiger partial charge in [-0.15, -0.1) is 0 Å². The number of benzene rings is 1. The van der Waals surface area contributed by atoms with Crippen LogP contribution in [0.5, 0.6) is 5.75 Å². The topological polar surface area (TPSA) is 64.4 Å². The molecule has 0 radical (unpaired) electrons. The second-order valence-corrected chi connectivity index (χ2v) is 4.80. The number of piperidine rings is 1. The average molecular weight is 271 g/mol. The highest BCUT2D eigenvalue weighted by molar-refractivity contribution is 6.32. The minimum atomic E-state index is -0.472. The van der Waals surface area contributed by atoms with Crippen molar-refractivity contribution in [3.63, 3.8) is 0 Å². The summed E-state index contributed by atoms with van der Waals surface area (Å²) >= 11 is 5.95. The molecule has 0 bridgehead atoms. The van der Waals surface area contributed by atoms with E-state index in [2.05, 4.69) is 5.32 Å². The van der Waals surface area contributed by atoms with Crippen molar-refractivity contribution in [1.29, 1.82) is 0 Å². The Bertz CT molecular complexity index is 433. The lowest BCUT2D eigenvalue weighted by Gasteiger charge is -2.22. The maximum atomic E-state index is 10.6. The Morgan fingerprint density at radius 3 is 3.00 bits per heavy atom. The Balaban J connectivity index is 1.94. The van der Waals surface area contributed by atoms with Gasteiger partial charge < -0.3 is 10.1 Å². The minimum absolute atomic E-state index is 0.0216. The van der Waals surface area contributed by atoms with Crippen LogP contribution in [-0.4, -0.2) is 24.6 Å². The molecular formula is C12H15ClN2O3. The normalized spacial score (nSPS) is 19.5. The number of hydrogen-bond donors (Lipinski definition) is 1. The molecule has 0 saturated carbocycles. The van der Waals surface area contributed by atoms with Crippen LogP contribution in [0.2, 0.25) is 5.02 Å². The second-order valence-electron chi connectivity index (χ2n) is 4.40. The molecule has 1 atom stereocenters. The van der Waals surface area contributed by atoms with E-state index in [0.29, 0.717) is 18.3 Å². The van der Waals surface area contributed by atoms with E-state index in [1.54, 1.807) is 6.07 Å². The number of hydrogen-bond acceptors (Lipinski definition) is 4. The minimum Gasteiger partial charge on any atom is -0.492 e. The first-order chi connectivity index (χ1) is 8.66. The Morgan fingerprint density at radius 2 is 2.39 bits per heavy atom. The maximum Gasteiger partial charge on any atom is 0.271 e. The smallest absolute Gasteiger partial charge is 0.271 e. The zero-order valence-corrected chi connectivity index (χ0v) is 10.7. The molecule has 5 nitrogen and oxygen atoms in total. The maximum absolute atomic E-state index is 10.6. The highest BCUT2D eigenvalue weighted by Gasteiger charge is 2.15. The molecule has 1 aliphatic heterocycles. The van der Waals surface area contributed by atoms with Crippen LogP contribution in [0.4, 0.5) is 5.69 Å². The van der Waals surface area contributed by atoms with Gasteiger partial charge in [0.1, 0.15) is 5.75 Å². The van der Waals surface area contributed by atoms with E-state index in [0.717, 1.165) is 25.9 Å². The molecule has 1 aliphatic rings. The lowest BCUT2D eigenvalue weighted by atomic mass is 10.0. The van der Waals surface area contributed by atoms with Crippen molar-refractivity contribution < 1.29 is 9.66 Å². The number of rotatable bonds is 4. The number of non-ortho nitro benzene ring substituents is 1. The van der Waals surface area contributed by atoms with Crippen molar-refractivity contribution in [3.05, 3.63) is 33.3 Å². The summed E-state index contributed by atoms with van der Waals surface area (Å²) in [7, 11) is 0. The first-order valence-corrected chi connectivity index (χ1v) is 6.32. The van der Waals surface area contributed by atoms with Gasteiger partial charge in [0, 0.05) is 24.6 Å². The van der Waals surface area contributed by atoms with Gasteiger partial charge in [-0.25, -0.2) is 0 Å². The monoisotopic (exact) mass is 270 g/mol. The molecule has 6 heteroatoms. The van der Waals surface area contributed by atoms with Crippen molar-refractivity contribution in [2.24, 2.45) is 5.92 Å². The van der Waals surface area contributed by atoms with Gasteiger partial charge in [0.15, 0.2) is 0 Å². The lowest BCUT2D eigenvalue weighted by molar-refractivity contribution is -0.384. The van der Waals surface area contributed by atoms with Crippen LogP contribution in [0.15, 0.2) is 18.2 Å².